The molecule has 2 N–H and O–H groups in total. The number of hydrogen-bond donors (Lipinski definition) is 1. The van der Waals surface area contributed by atoms with Crippen molar-refractivity contribution in [2.45, 2.75) is 39.7 Å². The summed E-state index contributed by atoms with van der Waals surface area (Å²) >= 11 is 12.7. The second-order valence-electron chi connectivity index (χ2n) is 6.10. The average Bonchev–Trinajstić information content (AvgIpc) is 2.57. The number of halogens is 2. The van der Waals surface area contributed by atoms with Crippen LogP contribution in [0, 0.1) is 11.3 Å². The fourth-order valence-corrected chi connectivity index (χ4v) is 3.38. The minimum atomic E-state index is -0.814. The fourth-order valence-electron chi connectivity index (χ4n) is 2.78. The third-order valence-electron chi connectivity index (χ3n) is 3.81. The van der Waals surface area contributed by atoms with Gasteiger partial charge in [-0.15, -0.1) is 0 Å². The van der Waals surface area contributed by atoms with E-state index in [-0.39, 0.29) is 45.5 Å². The molecular formula is C19H20Cl2N2O4. The first-order valence-corrected chi connectivity index (χ1v) is 9.07. The van der Waals surface area contributed by atoms with Gasteiger partial charge >= 0.3 is 5.97 Å². The molecule has 0 aliphatic carbocycles. The highest BCUT2D eigenvalue weighted by Gasteiger charge is 2.37. The van der Waals surface area contributed by atoms with Crippen molar-refractivity contribution in [1.29, 1.82) is 5.26 Å². The van der Waals surface area contributed by atoms with Crippen LogP contribution in [-0.4, -0.2) is 18.7 Å². The van der Waals surface area contributed by atoms with Crippen LogP contribution in [-0.2, 0) is 14.3 Å². The Balaban J connectivity index is 2.65. The molecule has 0 aromatic heterocycles. The van der Waals surface area contributed by atoms with Gasteiger partial charge in [-0.2, -0.15) is 5.26 Å². The molecule has 0 radical (unpaired) electrons. The number of benzene rings is 1. The smallest absolute Gasteiger partial charge is 0.338 e. The van der Waals surface area contributed by atoms with Crippen molar-refractivity contribution in [3.63, 3.8) is 0 Å². The normalized spacial score (nSPS) is 16.9. The van der Waals surface area contributed by atoms with Crippen molar-refractivity contribution in [1.82, 2.24) is 0 Å². The Morgan fingerprint density at radius 3 is 2.44 bits per heavy atom. The summed E-state index contributed by atoms with van der Waals surface area (Å²) in [6.45, 7) is 7.14. The zero-order valence-electron chi connectivity index (χ0n) is 15.4. The van der Waals surface area contributed by atoms with E-state index >= 15 is 0 Å². The molecule has 0 spiro atoms. The molecule has 6 nitrogen and oxygen atoms in total. The molecule has 0 fully saturated rings. The largest absolute Gasteiger partial charge is 0.488 e. The summed E-state index contributed by atoms with van der Waals surface area (Å²) in [6.07, 6.45) is -0.128. The predicted octanol–water partition coefficient (Wildman–Crippen LogP) is 4.43. The summed E-state index contributed by atoms with van der Waals surface area (Å²) in [6, 6.07) is 5.20. The van der Waals surface area contributed by atoms with Gasteiger partial charge in [0, 0.05) is 0 Å². The first-order chi connectivity index (χ1) is 12.7. The van der Waals surface area contributed by atoms with E-state index in [2.05, 4.69) is 0 Å². The van der Waals surface area contributed by atoms with E-state index in [1.54, 1.807) is 26.0 Å². The van der Waals surface area contributed by atoms with Gasteiger partial charge in [-0.1, -0.05) is 23.2 Å². The first-order valence-electron chi connectivity index (χ1n) is 8.32. The van der Waals surface area contributed by atoms with Crippen LogP contribution in [0.15, 0.2) is 34.9 Å². The Bertz CT molecular complexity index is 846. The molecule has 0 saturated heterocycles. The number of hydrogen-bond acceptors (Lipinski definition) is 6. The Hall–Kier alpha value is -2.36. The molecule has 0 bridgehead atoms. The van der Waals surface area contributed by atoms with E-state index in [1.165, 1.54) is 0 Å². The second kappa shape index (κ2) is 8.55. The summed E-state index contributed by atoms with van der Waals surface area (Å²) in [5.74, 6) is -0.911. The zero-order chi connectivity index (χ0) is 20.3. The zero-order valence-corrected chi connectivity index (χ0v) is 16.9. The van der Waals surface area contributed by atoms with E-state index in [0.717, 1.165) is 0 Å². The molecule has 0 amide bonds. The molecule has 1 unspecified atom stereocenters. The van der Waals surface area contributed by atoms with Crippen LogP contribution >= 0.6 is 23.2 Å². The molecular weight excluding hydrogens is 391 g/mol. The van der Waals surface area contributed by atoms with Crippen LogP contribution in [0.5, 0.6) is 5.75 Å². The monoisotopic (exact) mass is 410 g/mol. The van der Waals surface area contributed by atoms with Crippen molar-refractivity contribution in [3.05, 3.63) is 50.5 Å². The third-order valence-corrected chi connectivity index (χ3v) is 4.37. The van der Waals surface area contributed by atoms with E-state index in [1.807, 2.05) is 19.9 Å². The number of nitrogens with two attached hydrogens (primary N) is 1. The molecule has 1 aromatic carbocycles. The molecule has 1 heterocycles. The number of rotatable bonds is 5. The lowest BCUT2D eigenvalue weighted by Crippen LogP contribution is -2.25. The van der Waals surface area contributed by atoms with Crippen molar-refractivity contribution in [3.8, 4) is 11.8 Å². The molecule has 1 aliphatic heterocycles. The van der Waals surface area contributed by atoms with Crippen molar-refractivity contribution in [2.24, 2.45) is 5.73 Å². The van der Waals surface area contributed by atoms with Crippen LogP contribution in [0.3, 0.4) is 0 Å². The lowest BCUT2D eigenvalue weighted by atomic mass is 9.83. The second-order valence-corrected chi connectivity index (χ2v) is 6.91. The van der Waals surface area contributed by atoms with Gasteiger partial charge in [0.15, 0.2) is 5.75 Å². The number of esters is 1. The van der Waals surface area contributed by atoms with Gasteiger partial charge in [0.1, 0.15) is 17.4 Å². The molecule has 1 aromatic rings. The number of carbonyl (C=O) groups excluding carboxylic acids is 1. The summed E-state index contributed by atoms with van der Waals surface area (Å²) in [7, 11) is 0. The van der Waals surface area contributed by atoms with Crippen LogP contribution in [0.4, 0.5) is 0 Å². The van der Waals surface area contributed by atoms with Crippen LogP contribution < -0.4 is 10.5 Å². The molecule has 0 saturated carbocycles. The van der Waals surface area contributed by atoms with Crippen LogP contribution in [0.1, 0.15) is 39.2 Å². The number of allylic oxidation sites excluding steroid dienone is 2. The summed E-state index contributed by atoms with van der Waals surface area (Å²) in [5, 5.41) is 10.1. The quantitative estimate of drug-likeness (QED) is 0.721. The average molecular weight is 411 g/mol. The Labute approximate surface area is 168 Å². The molecule has 2 rings (SSSR count). The summed E-state index contributed by atoms with van der Waals surface area (Å²) < 4.78 is 16.1. The van der Waals surface area contributed by atoms with Gasteiger partial charge in [-0.3, -0.25) is 0 Å². The number of nitrogens with zero attached hydrogens (tertiary/aromatic N) is 1. The summed E-state index contributed by atoms with van der Waals surface area (Å²) in [5.41, 5.74) is 6.63. The van der Waals surface area contributed by atoms with Gasteiger partial charge in [-0.25, -0.2) is 4.79 Å². The fraction of sp³-hybridized carbons (Fsp3) is 0.368. The Kier molecular flexibility index (Phi) is 6.63. The molecule has 8 heteroatoms. The Morgan fingerprint density at radius 1 is 1.37 bits per heavy atom. The number of carbonyl (C=O) groups is 1. The SMILES string of the molecule is CCOC(=O)C1=C(C)OC(N)=C(C#N)C1c1cc(Cl)c(OC(C)C)c(Cl)c1. The molecule has 1 atom stereocenters. The van der Waals surface area contributed by atoms with Crippen molar-refractivity contribution >= 4 is 29.2 Å². The minimum absolute atomic E-state index is 0.0771. The van der Waals surface area contributed by atoms with Crippen molar-refractivity contribution in [2.75, 3.05) is 6.61 Å². The van der Waals surface area contributed by atoms with Gasteiger partial charge in [0.05, 0.1) is 34.2 Å². The summed E-state index contributed by atoms with van der Waals surface area (Å²) in [4.78, 5) is 12.5. The highest BCUT2D eigenvalue weighted by Crippen LogP contribution is 2.44. The number of ether oxygens (including phenoxy) is 3. The molecule has 144 valence electrons. The van der Waals surface area contributed by atoms with E-state index in [0.29, 0.717) is 11.3 Å². The third kappa shape index (κ3) is 4.32. The van der Waals surface area contributed by atoms with Gasteiger partial charge in [-0.05, 0) is 45.4 Å². The maximum absolute atomic E-state index is 12.5. The molecule has 1 aliphatic rings. The van der Waals surface area contributed by atoms with E-state index in [9.17, 15) is 10.1 Å². The van der Waals surface area contributed by atoms with Crippen LogP contribution in [0.25, 0.3) is 0 Å². The minimum Gasteiger partial charge on any atom is -0.488 e. The lowest BCUT2D eigenvalue weighted by Gasteiger charge is -2.27. The standard InChI is InChI=1S/C19H20Cl2N2O4/c1-5-25-19(24)15-10(4)27-18(23)12(8-22)16(15)11-6-13(20)17(14(21)7-11)26-9(2)3/h6-7,9,16H,5,23H2,1-4H3. The van der Waals surface area contributed by atoms with Gasteiger partial charge in [0.2, 0.25) is 5.88 Å². The highest BCUT2D eigenvalue weighted by molar-refractivity contribution is 6.37. The topological polar surface area (TPSA) is 94.6 Å². The van der Waals surface area contributed by atoms with E-state index in [4.69, 9.17) is 43.1 Å². The van der Waals surface area contributed by atoms with Crippen molar-refractivity contribution < 1.29 is 19.0 Å². The first kappa shape index (κ1) is 20.9. The van der Waals surface area contributed by atoms with Crippen LogP contribution in [0.2, 0.25) is 10.0 Å². The number of nitriles is 1. The predicted molar refractivity (Wildman–Crippen MR) is 102 cm³/mol. The van der Waals surface area contributed by atoms with Gasteiger partial charge in [0.25, 0.3) is 0 Å². The Morgan fingerprint density at radius 2 is 1.96 bits per heavy atom. The highest BCUT2D eigenvalue weighted by atomic mass is 35.5. The van der Waals surface area contributed by atoms with E-state index < -0.39 is 11.9 Å². The maximum Gasteiger partial charge on any atom is 0.338 e. The maximum atomic E-state index is 12.5. The van der Waals surface area contributed by atoms with Gasteiger partial charge < -0.3 is 19.9 Å². The lowest BCUT2D eigenvalue weighted by molar-refractivity contribution is -0.139. The molecule has 27 heavy (non-hydrogen) atoms.